The molecule has 0 aromatic heterocycles. The van der Waals surface area contributed by atoms with Gasteiger partial charge in [-0.1, -0.05) is 42.5 Å². The third-order valence-electron chi connectivity index (χ3n) is 10.4. The molecule has 226 valence electrons. The minimum atomic E-state index is -0.386. The van der Waals surface area contributed by atoms with Gasteiger partial charge in [0, 0.05) is 58.8 Å². The zero-order valence-corrected chi connectivity index (χ0v) is 26.0. The second kappa shape index (κ2) is 10.7. The first-order valence-electron chi connectivity index (χ1n) is 16.1. The first kappa shape index (κ1) is 28.5. The predicted molar refractivity (Wildman–Crippen MR) is 177 cm³/mol. The fourth-order valence-corrected chi connectivity index (χ4v) is 8.30. The number of allylic oxidation sites excluding steroid dienone is 4. The monoisotopic (exact) mass is 589 g/mol. The summed E-state index contributed by atoms with van der Waals surface area (Å²) in [6.07, 6.45) is 8.42. The number of hydrogen-bond donors (Lipinski definition) is 3. The number of aromatic hydroxyl groups is 1. The van der Waals surface area contributed by atoms with Crippen LogP contribution in [0.1, 0.15) is 82.9 Å². The van der Waals surface area contributed by atoms with E-state index in [9.17, 15) is 20.1 Å². The van der Waals surface area contributed by atoms with Gasteiger partial charge in [-0.2, -0.15) is 0 Å². The summed E-state index contributed by atoms with van der Waals surface area (Å²) in [4.78, 5) is 16.4. The molecule has 3 N–H and O–H groups in total. The third-order valence-corrected chi connectivity index (χ3v) is 10.4. The van der Waals surface area contributed by atoms with Crippen molar-refractivity contribution < 1.29 is 24.7 Å². The number of piperidine rings is 2. The first-order valence-corrected chi connectivity index (χ1v) is 16.1. The number of aliphatic hydroxyl groups is 2. The molecule has 0 radical (unpaired) electrons. The smallest absolute Gasteiger partial charge is 0.212 e. The summed E-state index contributed by atoms with van der Waals surface area (Å²) in [7, 11) is 0. The lowest BCUT2D eigenvalue weighted by Crippen LogP contribution is -2.44. The molecule has 6 nitrogen and oxygen atoms in total. The minimum Gasteiger partial charge on any atom is -0.507 e. The maximum Gasteiger partial charge on any atom is 0.212 e. The molecule has 2 fully saturated rings. The first-order chi connectivity index (χ1) is 21.2. The number of rotatable bonds is 2. The highest BCUT2D eigenvalue weighted by atomic mass is 16.3. The summed E-state index contributed by atoms with van der Waals surface area (Å²) < 4.78 is 2.37. The highest BCUT2D eigenvalue weighted by molar-refractivity contribution is 6.44. The highest BCUT2D eigenvalue weighted by Gasteiger charge is 2.43. The average Bonchev–Trinajstić information content (AvgIpc) is 3.00. The molecular weight excluding hydrogens is 548 g/mol. The summed E-state index contributed by atoms with van der Waals surface area (Å²) in [6.45, 7) is 8.87. The van der Waals surface area contributed by atoms with Gasteiger partial charge < -0.3 is 20.2 Å². The van der Waals surface area contributed by atoms with Crippen molar-refractivity contribution >= 4 is 39.1 Å². The number of phenolic OH excluding ortho intramolecular Hbond substituents is 1. The number of nitrogens with zero attached hydrogens (tertiary/aromatic N) is 2. The highest BCUT2D eigenvalue weighted by Crippen LogP contribution is 2.50. The minimum absolute atomic E-state index is 0.0323. The Morgan fingerprint density at radius 2 is 1.32 bits per heavy atom. The Kier molecular flexibility index (Phi) is 6.91. The Morgan fingerprint density at radius 3 is 1.98 bits per heavy atom. The third kappa shape index (κ3) is 4.21. The van der Waals surface area contributed by atoms with Crippen LogP contribution in [0, 0.1) is 0 Å². The van der Waals surface area contributed by atoms with Crippen molar-refractivity contribution in [2.45, 2.75) is 90.4 Å². The molecule has 2 aliphatic heterocycles. The van der Waals surface area contributed by atoms with Crippen molar-refractivity contribution in [2.24, 2.45) is 0 Å². The molecular formula is C38H41N2O4+. The number of carbonyl (C=O) groups excluding carboxylic acids is 1. The molecule has 4 unspecified atom stereocenters. The van der Waals surface area contributed by atoms with E-state index in [0.717, 1.165) is 59.0 Å². The Hall–Kier alpha value is -4.32. The van der Waals surface area contributed by atoms with E-state index in [-0.39, 0.29) is 34.2 Å². The van der Waals surface area contributed by atoms with Crippen LogP contribution in [0.4, 0.5) is 5.69 Å². The van der Waals surface area contributed by atoms with Gasteiger partial charge in [-0.25, -0.2) is 4.58 Å². The number of ketones is 1. The van der Waals surface area contributed by atoms with Gasteiger partial charge in [-0.3, -0.25) is 4.79 Å². The molecule has 6 heteroatoms. The fourth-order valence-electron chi connectivity index (χ4n) is 8.30. The van der Waals surface area contributed by atoms with Crippen LogP contribution >= 0.6 is 0 Å². The van der Waals surface area contributed by atoms with Crippen molar-refractivity contribution in [1.82, 2.24) is 0 Å². The van der Waals surface area contributed by atoms with Crippen LogP contribution < -0.4 is 4.90 Å². The van der Waals surface area contributed by atoms with Crippen LogP contribution in [0.3, 0.4) is 0 Å². The lowest BCUT2D eigenvalue weighted by atomic mass is 9.75. The lowest BCUT2D eigenvalue weighted by Gasteiger charge is -2.42. The van der Waals surface area contributed by atoms with Crippen LogP contribution in [-0.2, 0) is 4.79 Å². The summed E-state index contributed by atoms with van der Waals surface area (Å²) in [5.74, 6) is -0.649. The van der Waals surface area contributed by atoms with Crippen LogP contribution in [0.15, 0.2) is 77.8 Å². The molecule has 4 atom stereocenters. The second-order valence-corrected chi connectivity index (χ2v) is 13.2. The zero-order chi connectivity index (χ0) is 30.9. The topological polar surface area (TPSA) is 84.0 Å². The molecule has 2 saturated heterocycles. The van der Waals surface area contributed by atoms with Gasteiger partial charge in [0.1, 0.15) is 17.3 Å². The number of phenols is 1. The van der Waals surface area contributed by atoms with Gasteiger partial charge in [0.15, 0.2) is 12.1 Å². The molecule has 4 aliphatic rings. The lowest BCUT2D eigenvalue weighted by molar-refractivity contribution is -0.604. The van der Waals surface area contributed by atoms with E-state index in [2.05, 4.69) is 37.2 Å². The summed E-state index contributed by atoms with van der Waals surface area (Å²) in [5.41, 5.74) is 4.39. The number of anilines is 1. The largest absolute Gasteiger partial charge is 0.507 e. The number of fused-ring (bicyclic) bond motifs is 2. The Morgan fingerprint density at radius 1 is 0.727 bits per heavy atom. The van der Waals surface area contributed by atoms with Gasteiger partial charge in [-0.05, 0) is 64.8 Å². The van der Waals surface area contributed by atoms with Crippen molar-refractivity contribution in [3.8, 4) is 5.75 Å². The molecule has 0 spiro atoms. The van der Waals surface area contributed by atoms with Crippen LogP contribution in [0.25, 0.3) is 21.9 Å². The average molecular weight is 590 g/mol. The quantitative estimate of drug-likeness (QED) is 0.210. The van der Waals surface area contributed by atoms with Gasteiger partial charge in [0.05, 0.1) is 22.8 Å². The number of benzene rings is 3. The Bertz CT molecular complexity index is 1820. The molecule has 44 heavy (non-hydrogen) atoms. The maximum absolute atomic E-state index is 14.0. The molecule has 0 saturated carbocycles. The SMILES string of the molecule is CC1CCCC(C)N1c1cc(O)c(C2=C(O)/C(=C3\C(O)=CC(=[N+]4C(C)CCCC4C)c4ccccc43)C2=O)c2ccccc12. The molecule has 0 amide bonds. The zero-order valence-electron chi connectivity index (χ0n) is 26.0. The molecule has 7 rings (SSSR count). The predicted octanol–water partition coefficient (Wildman–Crippen LogP) is 7.84. The van der Waals surface area contributed by atoms with Gasteiger partial charge in [0.25, 0.3) is 0 Å². The molecule has 2 heterocycles. The Balaban J connectivity index is 1.40. The van der Waals surface area contributed by atoms with Crippen molar-refractivity contribution in [2.75, 3.05) is 4.90 Å². The van der Waals surface area contributed by atoms with E-state index < -0.39 is 0 Å². The number of hydrogen-bond acceptors (Lipinski definition) is 5. The van der Waals surface area contributed by atoms with E-state index in [4.69, 9.17) is 0 Å². The molecule has 2 aliphatic carbocycles. The standard InChI is InChI=1S/C38H40N2O4/c1-21-11-9-12-22(2)39(21)29-19-31(41)33(27-17-7-5-15-25(27)29)35-37(43)36(38(35)44)34-28-18-8-6-16-26(28)30(20-32(34)42)40-23(3)13-10-14-24(40)4/h5-8,15-24H,9-14H2,1-4H3,(H2,41,42,43,44)/p+1. The van der Waals surface area contributed by atoms with Crippen molar-refractivity contribution in [1.29, 1.82) is 0 Å². The van der Waals surface area contributed by atoms with Crippen LogP contribution in [-0.4, -0.2) is 55.6 Å². The molecule has 3 aromatic rings. The fraction of sp³-hybridized carbons (Fsp3) is 0.368. The van der Waals surface area contributed by atoms with Gasteiger partial charge in [-0.15, -0.1) is 0 Å². The normalized spacial score (nSPS) is 27.4. The maximum atomic E-state index is 14.0. The van der Waals surface area contributed by atoms with E-state index in [1.54, 1.807) is 12.1 Å². The summed E-state index contributed by atoms with van der Waals surface area (Å²) >= 11 is 0. The van der Waals surface area contributed by atoms with E-state index in [1.807, 2.05) is 48.5 Å². The number of carbonyl (C=O) groups is 1. The van der Waals surface area contributed by atoms with Crippen molar-refractivity contribution in [3.05, 3.63) is 94.5 Å². The van der Waals surface area contributed by atoms with Crippen molar-refractivity contribution in [3.63, 3.8) is 0 Å². The second-order valence-electron chi connectivity index (χ2n) is 13.2. The van der Waals surface area contributed by atoms with E-state index in [0.29, 0.717) is 35.3 Å². The van der Waals surface area contributed by atoms with Crippen LogP contribution in [0.5, 0.6) is 5.75 Å². The van der Waals surface area contributed by atoms with Crippen LogP contribution in [0.2, 0.25) is 0 Å². The van der Waals surface area contributed by atoms with Gasteiger partial charge in [0.2, 0.25) is 11.5 Å². The summed E-state index contributed by atoms with van der Waals surface area (Å²) in [5, 5.41) is 36.2. The molecule has 3 aromatic carbocycles. The summed E-state index contributed by atoms with van der Waals surface area (Å²) in [6, 6.07) is 18.6. The Labute approximate surface area is 259 Å². The number of aliphatic hydroxyl groups excluding tert-OH is 2. The van der Waals surface area contributed by atoms with E-state index in [1.165, 1.54) is 12.8 Å². The number of Topliss-reactive ketones (excluding diaryl/α,β-unsaturated/α-hetero) is 1. The van der Waals surface area contributed by atoms with E-state index >= 15 is 0 Å². The molecule has 0 bridgehead atoms. The van der Waals surface area contributed by atoms with Gasteiger partial charge >= 0.3 is 0 Å².